The standard InChI is InChI=1S/C9H13F2N3O2/c1-5-6(3-13-14(5)2)9(16)12-4-7(15)8(10)11/h3,7-8,15H,4H2,1-2H3,(H,12,16). The molecule has 0 saturated heterocycles. The van der Waals surface area contributed by atoms with E-state index in [1.165, 1.54) is 10.9 Å². The molecule has 0 aliphatic heterocycles. The molecule has 0 aliphatic rings. The normalized spacial score (nSPS) is 12.9. The highest BCUT2D eigenvalue weighted by Gasteiger charge is 2.19. The number of halogens is 2. The first-order valence-electron chi connectivity index (χ1n) is 4.66. The van der Waals surface area contributed by atoms with Crippen molar-refractivity contribution in [3.8, 4) is 0 Å². The van der Waals surface area contributed by atoms with Crippen molar-refractivity contribution >= 4 is 5.91 Å². The summed E-state index contributed by atoms with van der Waals surface area (Å²) in [7, 11) is 1.67. The molecule has 0 bridgehead atoms. The minimum atomic E-state index is -2.87. The molecule has 1 rings (SSSR count). The largest absolute Gasteiger partial charge is 0.385 e. The van der Waals surface area contributed by atoms with Crippen LogP contribution in [0, 0.1) is 6.92 Å². The van der Waals surface area contributed by atoms with Gasteiger partial charge in [0, 0.05) is 19.3 Å². The topological polar surface area (TPSA) is 67.2 Å². The Hall–Kier alpha value is -1.50. The van der Waals surface area contributed by atoms with Gasteiger partial charge >= 0.3 is 0 Å². The minimum Gasteiger partial charge on any atom is -0.385 e. The number of nitrogens with one attached hydrogen (secondary N) is 1. The number of hydrogen-bond acceptors (Lipinski definition) is 3. The molecule has 0 aromatic carbocycles. The number of carbonyl (C=O) groups is 1. The number of hydrogen-bond donors (Lipinski definition) is 2. The number of amides is 1. The molecule has 1 unspecified atom stereocenters. The van der Waals surface area contributed by atoms with Crippen LogP contribution >= 0.6 is 0 Å². The van der Waals surface area contributed by atoms with E-state index in [-0.39, 0.29) is 0 Å². The molecule has 0 aliphatic carbocycles. The van der Waals surface area contributed by atoms with Crippen LogP contribution in [-0.4, -0.2) is 39.9 Å². The van der Waals surface area contributed by atoms with Crippen LogP contribution in [0.4, 0.5) is 8.78 Å². The number of rotatable bonds is 4. The Morgan fingerprint density at radius 1 is 1.69 bits per heavy atom. The smallest absolute Gasteiger partial charge is 0.265 e. The van der Waals surface area contributed by atoms with Gasteiger partial charge in [0.2, 0.25) is 0 Å². The molecule has 0 saturated carbocycles. The molecule has 1 aromatic rings. The first-order chi connectivity index (χ1) is 7.43. The fourth-order valence-electron chi connectivity index (χ4n) is 1.10. The van der Waals surface area contributed by atoms with Crippen LogP contribution in [-0.2, 0) is 7.05 Å². The summed E-state index contributed by atoms with van der Waals surface area (Å²) in [5.41, 5.74) is 0.938. The quantitative estimate of drug-likeness (QED) is 0.774. The highest BCUT2D eigenvalue weighted by molar-refractivity contribution is 5.95. The van der Waals surface area contributed by atoms with E-state index in [1.54, 1.807) is 14.0 Å². The highest BCUT2D eigenvalue weighted by atomic mass is 19.3. The molecule has 0 fully saturated rings. The lowest BCUT2D eigenvalue weighted by Gasteiger charge is -2.10. The summed E-state index contributed by atoms with van der Waals surface area (Å²) in [6, 6.07) is 0. The van der Waals surface area contributed by atoms with Crippen LogP contribution in [0.1, 0.15) is 16.1 Å². The molecule has 2 N–H and O–H groups in total. The van der Waals surface area contributed by atoms with Gasteiger partial charge in [-0.2, -0.15) is 5.10 Å². The maximum Gasteiger partial charge on any atom is 0.265 e. The second-order valence-corrected chi connectivity index (χ2v) is 3.38. The SMILES string of the molecule is Cc1c(C(=O)NCC(O)C(F)F)cnn1C. The Bertz CT molecular complexity index is 379. The fourth-order valence-corrected chi connectivity index (χ4v) is 1.10. The van der Waals surface area contributed by atoms with E-state index in [0.29, 0.717) is 11.3 Å². The van der Waals surface area contributed by atoms with Crippen LogP contribution in [0.3, 0.4) is 0 Å². The van der Waals surface area contributed by atoms with Crippen molar-refractivity contribution in [2.24, 2.45) is 7.05 Å². The summed E-state index contributed by atoms with van der Waals surface area (Å²) in [5.74, 6) is -0.523. The van der Waals surface area contributed by atoms with Crippen molar-refractivity contribution in [3.05, 3.63) is 17.5 Å². The van der Waals surface area contributed by atoms with Crippen molar-refractivity contribution in [1.82, 2.24) is 15.1 Å². The molecule has 0 radical (unpaired) electrons. The van der Waals surface area contributed by atoms with Crippen molar-refractivity contribution in [3.63, 3.8) is 0 Å². The van der Waals surface area contributed by atoms with Crippen LogP contribution < -0.4 is 5.32 Å². The van der Waals surface area contributed by atoms with Crippen LogP contribution in [0.2, 0.25) is 0 Å². The van der Waals surface area contributed by atoms with Gasteiger partial charge in [-0.05, 0) is 6.92 Å². The number of carbonyl (C=O) groups excluding carboxylic acids is 1. The van der Waals surface area contributed by atoms with Crippen LogP contribution in [0.25, 0.3) is 0 Å². The highest BCUT2D eigenvalue weighted by Crippen LogP contribution is 2.05. The Morgan fingerprint density at radius 2 is 2.31 bits per heavy atom. The third-order valence-corrected chi connectivity index (χ3v) is 2.24. The second kappa shape index (κ2) is 5.02. The van der Waals surface area contributed by atoms with Gasteiger partial charge in [-0.1, -0.05) is 0 Å². The van der Waals surface area contributed by atoms with Gasteiger partial charge in [0.25, 0.3) is 12.3 Å². The van der Waals surface area contributed by atoms with Gasteiger partial charge in [-0.15, -0.1) is 0 Å². The van der Waals surface area contributed by atoms with E-state index in [0.717, 1.165) is 0 Å². The number of aromatic nitrogens is 2. The van der Waals surface area contributed by atoms with Crippen molar-refractivity contribution in [2.45, 2.75) is 19.5 Å². The zero-order chi connectivity index (χ0) is 12.3. The molecule has 16 heavy (non-hydrogen) atoms. The minimum absolute atomic E-state index is 0.309. The average Bonchev–Trinajstić information content (AvgIpc) is 2.55. The predicted octanol–water partition coefficient (Wildman–Crippen LogP) is 0.0843. The van der Waals surface area contributed by atoms with E-state index < -0.39 is 25.0 Å². The van der Waals surface area contributed by atoms with E-state index in [4.69, 9.17) is 5.11 Å². The zero-order valence-corrected chi connectivity index (χ0v) is 8.94. The molecule has 1 aromatic heterocycles. The first-order valence-corrected chi connectivity index (χ1v) is 4.66. The Kier molecular flexibility index (Phi) is 3.94. The predicted molar refractivity (Wildman–Crippen MR) is 52.3 cm³/mol. The second-order valence-electron chi connectivity index (χ2n) is 3.38. The van der Waals surface area contributed by atoms with Crippen molar-refractivity contribution in [1.29, 1.82) is 0 Å². The number of aliphatic hydroxyl groups excluding tert-OH is 1. The van der Waals surface area contributed by atoms with Gasteiger partial charge in [0.1, 0.15) is 6.10 Å². The van der Waals surface area contributed by atoms with E-state index in [1.807, 2.05) is 0 Å². The van der Waals surface area contributed by atoms with E-state index in [9.17, 15) is 13.6 Å². The summed E-state index contributed by atoms with van der Waals surface area (Å²) >= 11 is 0. The van der Waals surface area contributed by atoms with Crippen molar-refractivity contribution < 1.29 is 18.7 Å². The van der Waals surface area contributed by atoms with Gasteiger partial charge in [-0.3, -0.25) is 9.48 Å². The lowest BCUT2D eigenvalue weighted by Crippen LogP contribution is -2.36. The number of alkyl halides is 2. The first kappa shape index (κ1) is 12.6. The van der Waals surface area contributed by atoms with Crippen LogP contribution in [0.5, 0.6) is 0 Å². The van der Waals surface area contributed by atoms with E-state index in [2.05, 4.69) is 10.4 Å². The molecule has 1 atom stereocenters. The summed E-state index contributed by atoms with van der Waals surface area (Å²) in [4.78, 5) is 11.5. The van der Waals surface area contributed by atoms with E-state index >= 15 is 0 Å². The molecule has 1 heterocycles. The zero-order valence-electron chi connectivity index (χ0n) is 8.94. The lowest BCUT2D eigenvalue weighted by atomic mass is 10.2. The summed E-state index contributed by atoms with van der Waals surface area (Å²) in [6.07, 6.45) is -3.37. The Morgan fingerprint density at radius 3 is 2.75 bits per heavy atom. The summed E-state index contributed by atoms with van der Waals surface area (Å²) in [6.45, 7) is 1.20. The van der Waals surface area contributed by atoms with Gasteiger partial charge in [0.15, 0.2) is 0 Å². The lowest BCUT2D eigenvalue weighted by molar-refractivity contribution is -0.00270. The third-order valence-electron chi connectivity index (χ3n) is 2.24. The molecule has 5 nitrogen and oxygen atoms in total. The third kappa shape index (κ3) is 2.75. The molecular formula is C9H13F2N3O2. The summed E-state index contributed by atoms with van der Waals surface area (Å²) in [5, 5.41) is 14.9. The fraction of sp³-hybridized carbons (Fsp3) is 0.556. The Balaban J connectivity index is 2.57. The maximum atomic E-state index is 11.9. The van der Waals surface area contributed by atoms with Gasteiger partial charge < -0.3 is 10.4 Å². The molecule has 0 spiro atoms. The molecule has 90 valence electrons. The Labute approximate surface area is 91.1 Å². The van der Waals surface area contributed by atoms with Gasteiger partial charge in [-0.25, -0.2) is 8.78 Å². The van der Waals surface area contributed by atoms with Crippen LogP contribution in [0.15, 0.2) is 6.20 Å². The number of aryl methyl sites for hydroxylation is 1. The number of nitrogens with zero attached hydrogens (tertiary/aromatic N) is 2. The van der Waals surface area contributed by atoms with Gasteiger partial charge in [0.05, 0.1) is 11.8 Å². The maximum absolute atomic E-state index is 11.9. The van der Waals surface area contributed by atoms with Crippen molar-refractivity contribution in [2.75, 3.05) is 6.54 Å². The molecule has 1 amide bonds. The monoisotopic (exact) mass is 233 g/mol. The average molecular weight is 233 g/mol. The summed E-state index contributed by atoms with van der Waals surface area (Å²) < 4.78 is 25.4. The molecular weight excluding hydrogens is 220 g/mol. The number of aliphatic hydroxyl groups is 1. The molecule has 7 heteroatoms.